The van der Waals surface area contributed by atoms with Crippen LogP contribution in [0.15, 0.2) is 82.7 Å². The first-order valence-electron chi connectivity index (χ1n) is 10.6. The number of aromatic nitrogens is 1. The maximum atomic E-state index is 12.6. The quantitative estimate of drug-likeness (QED) is 0.377. The summed E-state index contributed by atoms with van der Waals surface area (Å²) in [7, 11) is 1.63. The first-order valence-corrected chi connectivity index (χ1v) is 11.5. The molecule has 5 nitrogen and oxygen atoms in total. The molecule has 1 N–H and O–H groups in total. The fraction of sp³-hybridized carbons (Fsp3) is 0.111. The smallest absolute Gasteiger partial charge is 0.264 e. The van der Waals surface area contributed by atoms with E-state index in [0.29, 0.717) is 10.1 Å². The van der Waals surface area contributed by atoms with Gasteiger partial charge in [0.1, 0.15) is 5.75 Å². The second-order valence-electron chi connectivity index (χ2n) is 7.84. The molecule has 0 aliphatic carbocycles. The third-order valence-corrected chi connectivity index (χ3v) is 6.63. The number of amides is 1. The van der Waals surface area contributed by atoms with Crippen LogP contribution in [-0.4, -0.2) is 22.8 Å². The number of benzene rings is 3. The van der Waals surface area contributed by atoms with Gasteiger partial charge >= 0.3 is 0 Å². The van der Waals surface area contributed by atoms with Gasteiger partial charge in [0.25, 0.3) is 5.91 Å². The number of hydrogen-bond donors (Lipinski definition) is 1. The molecule has 164 valence electrons. The minimum Gasteiger partial charge on any atom is -0.497 e. The van der Waals surface area contributed by atoms with Gasteiger partial charge in [0, 0.05) is 16.8 Å². The van der Waals surface area contributed by atoms with Crippen LogP contribution in [0.1, 0.15) is 17.0 Å². The molecule has 0 spiro atoms. The Morgan fingerprint density at radius 3 is 2.55 bits per heavy atom. The van der Waals surface area contributed by atoms with Crippen molar-refractivity contribution in [1.82, 2.24) is 9.88 Å². The lowest BCUT2D eigenvalue weighted by Gasteiger charge is -2.13. The molecule has 0 bridgehead atoms. The highest BCUT2D eigenvalue weighted by Gasteiger charge is 2.24. The van der Waals surface area contributed by atoms with Gasteiger partial charge in [-0.05, 0) is 79.0 Å². The number of carbonyl (C=O) groups is 1. The number of methoxy groups -OCH3 is 1. The molecule has 0 unspecified atom stereocenters. The number of carbonyl (C=O) groups excluding carboxylic acids is 1. The van der Waals surface area contributed by atoms with Gasteiger partial charge in [-0.15, -0.1) is 0 Å². The molecular weight excluding hydrogens is 430 g/mol. The molecule has 0 atom stereocenters. The van der Waals surface area contributed by atoms with Crippen LogP contribution in [0.3, 0.4) is 0 Å². The van der Waals surface area contributed by atoms with Crippen molar-refractivity contribution in [3.05, 3.63) is 94.7 Å². The summed E-state index contributed by atoms with van der Waals surface area (Å²) in [6, 6.07) is 24.3. The van der Waals surface area contributed by atoms with E-state index in [0.717, 1.165) is 34.1 Å². The van der Waals surface area contributed by atoms with E-state index in [4.69, 9.17) is 4.74 Å². The van der Waals surface area contributed by atoms with Crippen molar-refractivity contribution in [1.29, 1.82) is 0 Å². The predicted molar refractivity (Wildman–Crippen MR) is 137 cm³/mol. The molecule has 1 saturated heterocycles. The molecule has 6 heteroatoms. The van der Waals surface area contributed by atoms with Crippen LogP contribution >= 0.6 is 11.8 Å². The van der Waals surface area contributed by atoms with Crippen LogP contribution < -0.4 is 10.1 Å². The average Bonchev–Trinajstić information content (AvgIpc) is 3.31. The van der Waals surface area contributed by atoms with E-state index < -0.39 is 0 Å². The molecular formula is C27H23N3O2S. The number of ether oxygens (including phenoxy) is 1. The normalized spacial score (nSPS) is 16.0. The van der Waals surface area contributed by atoms with Gasteiger partial charge in [0.15, 0.2) is 5.17 Å². The number of amidine groups is 1. The van der Waals surface area contributed by atoms with Crippen molar-refractivity contribution < 1.29 is 9.53 Å². The van der Waals surface area contributed by atoms with Crippen molar-refractivity contribution in [2.24, 2.45) is 4.99 Å². The average molecular weight is 454 g/mol. The Kier molecular flexibility index (Phi) is 5.52. The van der Waals surface area contributed by atoms with E-state index in [1.165, 1.54) is 22.5 Å². The van der Waals surface area contributed by atoms with Crippen molar-refractivity contribution >= 4 is 45.4 Å². The number of aryl methyl sites for hydroxylation is 1. The number of nitrogens with zero attached hydrogens (tertiary/aromatic N) is 2. The summed E-state index contributed by atoms with van der Waals surface area (Å²) in [5.74, 6) is 0.631. The van der Waals surface area contributed by atoms with Gasteiger partial charge in [0.2, 0.25) is 0 Å². The van der Waals surface area contributed by atoms with Crippen LogP contribution in [0, 0.1) is 13.8 Å². The second kappa shape index (κ2) is 8.64. The van der Waals surface area contributed by atoms with E-state index in [2.05, 4.69) is 77.3 Å². The highest BCUT2D eigenvalue weighted by molar-refractivity contribution is 8.18. The molecule has 0 saturated carbocycles. The van der Waals surface area contributed by atoms with Crippen LogP contribution in [0.4, 0.5) is 5.69 Å². The lowest BCUT2D eigenvalue weighted by molar-refractivity contribution is -0.115. The Balaban J connectivity index is 1.47. The highest BCUT2D eigenvalue weighted by Crippen LogP contribution is 2.32. The number of nitrogens with one attached hydrogen (secondary N) is 1. The minimum absolute atomic E-state index is 0.137. The van der Waals surface area contributed by atoms with E-state index >= 15 is 0 Å². The molecule has 33 heavy (non-hydrogen) atoms. The van der Waals surface area contributed by atoms with Gasteiger partial charge in [-0.2, -0.15) is 0 Å². The molecule has 1 aliphatic rings. The predicted octanol–water partition coefficient (Wildman–Crippen LogP) is 6.15. The maximum Gasteiger partial charge on any atom is 0.264 e. The Labute approximate surface area is 196 Å². The monoisotopic (exact) mass is 453 g/mol. The third-order valence-electron chi connectivity index (χ3n) is 5.72. The first-order chi connectivity index (χ1) is 16.0. The van der Waals surface area contributed by atoms with Gasteiger partial charge in [0.05, 0.1) is 23.4 Å². The van der Waals surface area contributed by atoms with E-state index in [1.807, 2.05) is 30.3 Å². The topological polar surface area (TPSA) is 55.6 Å². The lowest BCUT2D eigenvalue weighted by Crippen LogP contribution is -2.19. The van der Waals surface area contributed by atoms with Crippen molar-refractivity contribution in [2.75, 3.05) is 7.11 Å². The van der Waals surface area contributed by atoms with E-state index in [-0.39, 0.29) is 5.91 Å². The molecule has 5 rings (SSSR count). The lowest BCUT2D eigenvalue weighted by atomic mass is 10.1. The maximum absolute atomic E-state index is 12.6. The van der Waals surface area contributed by atoms with E-state index in [9.17, 15) is 4.79 Å². The fourth-order valence-electron chi connectivity index (χ4n) is 4.10. The van der Waals surface area contributed by atoms with Gasteiger partial charge < -0.3 is 14.6 Å². The largest absolute Gasteiger partial charge is 0.497 e. The number of thioether (sulfide) groups is 1. The zero-order valence-corrected chi connectivity index (χ0v) is 19.4. The molecule has 1 amide bonds. The molecule has 1 aliphatic heterocycles. The van der Waals surface area contributed by atoms with Gasteiger partial charge in [-0.25, -0.2) is 4.99 Å². The Hall–Kier alpha value is -3.77. The number of hydrogen-bond acceptors (Lipinski definition) is 4. The minimum atomic E-state index is -0.137. The van der Waals surface area contributed by atoms with Crippen LogP contribution in [0.2, 0.25) is 0 Å². The molecule has 3 aromatic carbocycles. The third kappa shape index (κ3) is 4.05. The molecule has 1 fully saturated rings. The zero-order chi connectivity index (χ0) is 22.9. The summed E-state index contributed by atoms with van der Waals surface area (Å²) in [4.78, 5) is 17.8. The zero-order valence-electron chi connectivity index (χ0n) is 18.6. The summed E-state index contributed by atoms with van der Waals surface area (Å²) in [5.41, 5.74) is 5.12. The SMILES string of the molecule is COc1ccc(N=C2NC(=O)/C(=C\c3cc(C)n(-c4cccc5ccccc45)c3C)S2)cc1. The summed E-state index contributed by atoms with van der Waals surface area (Å²) in [6.45, 7) is 4.18. The number of rotatable bonds is 4. The van der Waals surface area contributed by atoms with Crippen LogP contribution in [-0.2, 0) is 4.79 Å². The van der Waals surface area contributed by atoms with E-state index in [1.54, 1.807) is 7.11 Å². The molecule has 4 aromatic rings. The Bertz CT molecular complexity index is 1430. The highest BCUT2D eigenvalue weighted by atomic mass is 32.2. The molecule has 1 aromatic heterocycles. The number of aliphatic imine (C=N–C) groups is 1. The van der Waals surface area contributed by atoms with Crippen LogP contribution in [0.25, 0.3) is 22.5 Å². The van der Waals surface area contributed by atoms with Gasteiger partial charge in [-0.1, -0.05) is 36.4 Å². The first kappa shape index (κ1) is 21.1. The van der Waals surface area contributed by atoms with Crippen molar-refractivity contribution in [3.8, 4) is 11.4 Å². The number of fused-ring (bicyclic) bond motifs is 1. The Morgan fingerprint density at radius 2 is 1.76 bits per heavy atom. The summed E-state index contributed by atoms with van der Waals surface area (Å²) in [5, 5.41) is 5.83. The standard InChI is InChI=1S/C27H23N3O2S/c1-17-15-20(18(2)30(17)24-10-6-8-19-7-4-5-9-23(19)24)16-25-26(31)29-27(33-25)28-21-11-13-22(32-3)14-12-21/h4-16H,1-3H3,(H,28,29,31)/b25-16+. The second-order valence-corrected chi connectivity index (χ2v) is 8.87. The molecule has 0 radical (unpaired) electrons. The summed E-state index contributed by atoms with van der Waals surface area (Å²) < 4.78 is 7.43. The van der Waals surface area contributed by atoms with Crippen LogP contribution in [0.5, 0.6) is 5.75 Å². The molecule has 2 heterocycles. The summed E-state index contributed by atoms with van der Waals surface area (Å²) in [6.07, 6.45) is 1.94. The van der Waals surface area contributed by atoms with Gasteiger partial charge in [-0.3, -0.25) is 4.79 Å². The van der Waals surface area contributed by atoms with Crippen molar-refractivity contribution in [3.63, 3.8) is 0 Å². The van der Waals surface area contributed by atoms with Crippen molar-refractivity contribution in [2.45, 2.75) is 13.8 Å². The fourth-order valence-corrected chi connectivity index (χ4v) is 4.94. The Morgan fingerprint density at radius 1 is 1.00 bits per heavy atom. The summed E-state index contributed by atoms with van der Waals surface area (Å²) >= 11 is 1.35.